The average Bonchev–Trinajstić information content (AvgIpc) is 2.85. The van der Waals surface area contributed by atoms with E-state index in [0.717, 1.165) is 0 Å². The molecule has 1 aliphatic rings. The summed E-state index contributed by atoms with van der Waals surface area (Å²) < 4.78 is 46.9. The Morgan fingerprint density at radius 1 is 1.19 bits per heavy atom. The van der Waals surface area contributed by atoms with Gasteiger partial charge in [0.15, 0.2) is 5.82 Å². The maximum Gasteiger partial charge on any atom is 0.401 e. The van der Waals surface area contributed by atoms with Gasteiger partial charge in [-0.3, -0.25) is 9.80 Å². The minimum absolute atomic E-state index is 0.393. The van der Waals surface area contributed by atoms with Crippen molar-refractivity contribution in [1.29, 1.82) is 0 Å². The average molecular weight is 308 g/mol. The quantitative estimate of drug-likeness (QED) is 0.779. The summed E-state index contributed by atoms with van der Waals surface area (Å²) in [5.74, 6) is 1.08. The second kappa shape index (κ2) is 7.19. The summed E-state index contributed by atoms with van der Waals surface area (Å²) in [5, 5.41) is 3.83. The third kappa shape index (κ3) is 5.60. The second-order valence-electron chi connectivity index (χ2n) is 5.01. The lowest BCUT2D eigenvalue weighted by molar-refractivity contribution is -0.149. The number of ether oxygens (including phenoxy) is 1. The molecule has 2 rings (SSSR count). The predicted molar refractivity (Wildman–Crippen MR) is 67.7 cm³/mol. The van der Waals surface area contributed by atoms with Crippen LogP contribution in [0.1, 0.15) is 11.7 Å². The van der Waals surface area contributed by atoms with Crippen LogP contribution in [0.4, 0.5) is 13.2 Å². The molecule has 1 aromatic heterocycles. The largest absolute Gasteiger partial charge is 0.401 e. The zero-order chi connectivity index (χ0) is 15.3. The predicted octanol–water partition coefficient (Wildman–Crippen LogP) is 0.938. The third-order valence-electron chi connectivity index (χ3n) is 3.27. The van der Waals surface area contributed by atoms with Crippen LogP contribution in [0.15, 0.2) is 4.52 Å². The topological polar surface area (TPSA) is 54.6 Å². The molecule has 1 aromatic rings. The number of hydrogen-bond acceptors (Lipinski definition) is 6. The first-order valence-electron chi connectivity index (χ1n) is 6.78. The smallest absolute Gasteiger partial charge is 0.384 e. The van der Waals surface area contributed by atoms with Crippen LogP contribution in [0.3, 0.4) is 0 Å². The molecule has 0 bridgehead atoms. The summed E-state index contributed by atoms with van der Waals surface area (Å²) in [6.45, 7) is 2.06. The Morgan fingerprint density at radius 2 is 1.86 bits per heavy atom. The van der Waals surface area contributed by atoms with Gasteiger partial charge in [0, 0.05) is 39.7 Å². The van der Waals surface area contributed by atoms with Crippen molar-refractivity contribution in [2.45, 2.75) is 19.1 Å². The van der Waals surface area contributed by atoms with Crippen molar-refractivity contribution < 1.29 is 22.4 Å². The highest BCUT2D eigenvalue weighted by molar-refractivity contribution is 4.87. The first-order valence-corrected chi connectivity index (χ1v) is 6.78. The normalized spacial score (nSPS) is 18.3. The van der Waals surface area contributed by atoms with E-state index in [-0.39, 0.29) is 0 Å². The van der Waals surface area contributed by atoms with Gasteiger partial charge in [-0.15, -0.1) is 0 Å². The maximum atomic E-state index is 12.3. The van der Waals surface area contributed by atoms with Gasteiger partial charge in [0.25, 0.3) is 0 Å². The number of halogens is 3. The molecule has 21 heavy (non-hydrogen) atoms. The Balaban J connectivity index is 1.74. The summed E-state index contributed by atoms with van der Waals surface area (Å²) in [6.07, 6.45) is -3.55. The van der Waals surface area contributed by atoms with Crippen molar-refractivity contribution in [1.82, 2.24) is 19.9 Å². The summed E-state index contributed by atoms with van der Waals surface area (Å²) in [7, 11) is 1.60. The van der Waals surface area contributed by atoms with Gasteiger partial charge < -0.3 is 9.26 Å². The minimum atomic E-state index is -4.13. The van der Waals surface area contributed by atoms with Gasteiger partial charge >= 0.3 is 6.18 Å². The molecule has 0 unspecified atom stereocenters. The van der Waals surface area contributed by atoms with Gasteiger partial charge in [-0.25, -0.2) is 0 Å². The molecule has 1 aliphatic heterocycles. The molecule has 120 valence electrons. The van der Waals surface area contributed by atoms with Crippen LogP contribution in [0.25, 0.3) is 0 Å². The van der Waals surface area contributed by atoms with E-state index in [9.17, 15) is 13.2 Å². The summed E-state index contributed by atoms with van der Waals surface area (Å²) in [6, 6.07) is 0. The van der Waals surface area contributed by atoms with Crippen LogP contribution in [-0.4, -0.2) is 72.6 Å². The van der Waals surface area contributed by atoms with Crippen LogP contribution < -0.4 is 0 Å². The molecule has 0 spiro atoms. The zero-order valence-electron chi connectivity index (χ0n) is 11.9. The molecular formula is C12H19F3N4O2. The highest BCUT2D eigenvalue weighted by atomic mass is 19.4. The van der Waals surface area contributed by atoms with E-state index in [0.29, 0.717) is 57.5 Å². The van der Waals surface area contributed by atoms with E-state index in [1.165, 1.54) is 4.90 Å². The van der Waals surface area contributed by atoms with E-state index >= 15 is 0 Å². The van der Waals surface area contributed by atoms with Gasteiger partial charge in [0.05, 0.1) is 19.7 Å². The van der Waals surface area contributed by atoms with Crippen molar-refractivity contribution >= 4 is 0 Å². The fourth-order valence-corrected chi connectivity index (χ4v) is 2.20. The first kappa shape index (κ1) is 16.2. The van der Waals surface area contributed by atoms with Gasteiger partial charge in [0.1, 0.15) is 0 Å². The molecule has 2 heterocycles. The van der Waals surface area contributed by atoms with Crippen molar-refractivity contribution in [2.75, 3.05) is 46.4 Å². The molecule has 1 saturated heterocycles. The Kier molecular flexibility index (Phi) is 5.54. The molecule has 0 saturated carbocycles. The second-order valence-corrected chi connectivity index (χ2v) is 5.01. The van der Waals surface area contributed by atoms with Crippen molar-refractivity contribution in [2.24, 2.45) is 0 Å². The molecule has 0 amide bonds. The molecule has 0 radical (unpaired) electrons. The fraction of sp³-hybridized carbons (Fsp3) is 0.833. The number of aromatic nitrogens is 2. The van der Waals surface area contributed by atoms with E-state index < -0.39 is 12.7 Å². The van der Waals surface area contributed by atoms with E-state index in [1.807, 2.05) is 4.90 Å². The lowest BCUT2D eigenvalue weighted by atomic mass is 10.3. The molecular weight excluding hydrogens is 289 g/mol. The summed E-state index contributed by atoms with van der Waals surface area (Å²) in [4.78, 5) is 7.65. The highest BCUT2D eigenvalue weighted by Gasteiger charge is 2.32. The van der Waals surface area contributed by atoms with Crippen molar-refractivity contribution in [3.05, 3.63) is 11.7 Å². The Labute approximate surface area is 120 Å². The summed E-state index contributed by atoms with van der Waals surface area (Å²) >= 11 is 0. The molecule has 1 fully saturated rings. The maximum absolute atomic E-state index is 12.3. The van der Waals surface area contributed by atoms with Crippen LogP contribution >= 0.6 is 0 Å². The van der Waals surface area contributed by atoms with Crippen LogP contribution in [0, 0.1) is 0 Å². The molecule has 6 nitrogen and oxygen atoms in total. The van der Waals surface area contributed by atoms with E-state index in [1.54, 1.807) is 7.11 Å². The lowest BCUT2D eigenvalue weighted by Crippen LogP contribution is -2.48. The van der Waals surface area contributed by atoms with Gasteiger partial charge in [-0.2, -0.15) is 18.2 Å². The number of piperazine rings is 1. The third-order valence-corrected chi connectivity index (χ3v) is 3.27. The van der Waals surface area contributed by atoms with Gasteiger partial charge in [-0.1, -0.05) is 5.16 Å². The number of alkyl halides is 3. The molecule has 0 atom stereocenters. The van der Waals surface area contributed by atoms with E-state index in [2.05, 4.69) is 10.1 Å². The van der Waals surface area contributed by atoms with E-state index in [4.69, 9.17) is 9.26 Å². The molecule has 0 N–H and O–H groups in total. The Morgan fingerprint density at radius 3 is 2.48 bits per heavy atom. The number of hydrogen-bond donors (Lipinski definition) is 0. The zero-order valence-corrected chi connectivity index (χ0v) is 11.9. The lowest BCUT2D eigenvalue weighted by Gasteiger charge is -2.34. The van der Waals surface area contributed by atoms with Crippen molar-refractivity contribution in [3.8, 4) is 0 Å². The monoisotopic (exact) mass is 308 g/mol. The standard InChI is InChI=1S/C12H19F3N4O2/c1-20-7-2-10-16-11(21-17-10)8-18-3-5-19(6-4-18)9-12(13,14)15/h2-9H2,1H3. The number of methoxy groups -OCH3 is 1. The SMILES string of the molecule is COCCc1noc(CN2CCN(CC(F)(F)F)CC2)n1. The molecule has 9 heteroatoms. The van der Waals surface area contributed by atoms with Crippen LogP contribution in [-0.2, 0) is 17.7 Å². The van der Waals surface area contributed by atoms with Gasteiger partial charge in [-0.05, 0) is 0 Å². The summed E-state index contributed by atoms with van der Waals surface area (Å²) in [5.41, 5.74) is 0. The molecule has 0 aliphatic carbocycles. The fourth-order valence-electron chi connectivity index (χ4n) is 2.20. The van der Waals surface area contributed by atoms with Gasteiger partial charge in [0.2, 0.25) is 5.89 Å². The Hall–Kier alpha value is -1.19. The van der Waals surface area contributed by atoms with Crippen molar-refractivity contribution in [3.63, 3.8) is 0 Å². The highest BCUT2D eigenvalue weighted by Crippen LogP contribution is 2.17. The first-order chi connectivity index (χ1) is 9.96. The Bertz CT molecular complexity index is 430. The number of rotatable bonds is 6. The molecule has 0 aromatic carbocycles. The van der Waals surface area contributed by atoms with Crippen LogP contribution in [0.2, 0.25) is 0 Å². The van der Waals surface area contributed by atoms with Crippen LogP contribution in [0.5, 0.6) is 0 Å². The number of nitrogens with zero attached hydrogens (tertiary/aromatic N) is 4. The minimum Gasteiger partial charge on any atom is -0.384 e.